The Balaban J connectivity index is 2.69. The summed E-state index contributed by atoms with van der Waals surface area (Å²) in [5.41, 5.74) is 0. The molecule has 0 amide bonds. The van der Waals surface area contributed by atoms with Crippen molar-refractivity contribution in [2.24, 2.45) is 0 Å². The van der Waals surface area contributed by atoms with E-state index in [1.165, 1.54) is 6.33 Å². The maximum atomic E-state index is 8.44. The van der Waals surface area contributed by atoms with Crippen molar-refractivity contribution in [2.75, 3.05) is 13.7 Å². The summed E-state index contributed by atoms with van der Waals surface area (Å²) >= 11 is 0. The van der Waals surface area contributed by atoms with E-state index in [0.29, 0.717) is 6.61 Å². The maximum Gasteiger partial charge on any atom is 0.252 e. The second-order valence-corrected chi connectivity index (χ2v) is 2.46. The van der Waals surface area contributed by atoms with Gasteiger partial charge in [0.1, 0.15) is 12.4 Å². The van der Waals surface area contributed by atoms with Crippen LogP contribution in [-0.4, -0.2) is 28.5 Å². The third-order valence-electron chi connectivity index (χ3n) is 1.47. The molecule has 1 aromatic heterocycles. The molecule has 12 heavy (non-hydrogen) atoms. The second-order valence-electron chi connectivity index (χ2n) is 2.46. The molecule has 1 unspecified atom stereocenters. The molecule has 0 aliphatic heterocycles. The molecule has 0 aliphatic rings. The number of rotatable bonds is 3. The van der Waals surface area contributed by atoms with E-state index in [1.54, 1.807) is 11.8 Å². The molecule has 0 bridgehead atoms. The SMILES string of the molecule is COCC(C)n1cnc(C#N)n1. The highest BCUT2D eigenvalue weighted by Gasteiger charge is 2.06. The van der Waals surface area contributed by atoms with Crippen molar-refractivity contribution in [3.05, 3.63) is 12.2 Å². The third-order valence-corrected chi connectivity index (χ3v) is 1.47. The lowest BCUT2D eigenvalue weighted by Crippen LogP contribution is -2.11. The molecular formula is C7H10N4O. The summed E-state index contributed by atoms with van der Waals surface area (Å²) in [6.45, 7) is 2.51. The van der Waals surface area contributed by atoms with Crippen molar-refractivity contribution < 1.29 is 4.74 Å². The number of hydrogen-bond acceptors (Lipinski definition) is 4. The van der Waals surface area contributed by atoms with E-state index in [-0.39, 0.29) is 11.9 Å². The number of ether oxygens (including phenoxy) is 1. The monoisotopic (exact) mass is 166 g/mol. The molecule has 1 heterocycles. The first-order valence-corrected chi connectivity index (χ1v) is 3.58. The van der Waals surface area contributed by atoms with Crippen molar-refractivity contribution >= 4 is 0 Å². The van der Waals surface area contributed by atoms with Gasteiger partial charge in [-0.05, 0) is 6.92 Å². The number of aromatic nitrogens is 3. The summed E-state index contributed by atoms with van der Waals surface area (Å²) in [7, 11) is 1.62. The van der Waals surface area contributed by atoms with Gasteiger partial charge < -0.3 is 4.74 Å². The van der Waals surface area contributed by atoms with E-state index < -0.39 is 0 Å². The molecule has 1 atom stereocenters. The van der Waals surface area contributed by atoms with E-state index in [4.69, 9.17) is 10.00 Å². The van der Waals surface area contributed by atoms with Crippen LogP contribution in [0.25, 0.3) is 0 Å². The molecule has 5 heteroatoms. The van der Waals surface area contributed by atoms with Gasteiger partial charge >= 0.3 is 0 Å². The maximum absolute atomic E-state index is 8.44. The van der Waals surface area contributed by atoms with E-state index >= 15 is 0 Å². The molecule has 0 fully saturated rings. The molecule has 64 valence electrons. The molecule has 0 radical (unpaired) electrons. The quantitative estimate of drug-likeness (QED) is 0.650. The zero-order valence-electron chi connectivity index (χ0n) is 7.06. The Morgan fingerprint density at radius 1 is 1.83 bits per heavy atom. The number of nitrogens with zero attached hydrogens (tertiary/aromatic N) is 4. The van der Waals surface area contributed by atoms with Crippen LogP contribution in [0.15, 0.2) is 6.33 Å². The van der Waals surface area contributed by atoms with E-state index in [9.17, 15) is 0 Å². The lowest BCUT2D eigenvalue weighted by molar-refractivity contribution is 0.157. The zero-order valence-corrected chi connectivity index (χ0v) is 7.06. The van der Waals surface area contributed by atoms with Crippen LogP contribution in [0.2, 0.25) is 0 Å². The van der Waals surface area contributed by atoms with Gasteiger partial charge in [-0.25, -0.2) is 9.67 Å². The van der Waals surface area contributed by atoms with Crippen LogP contribution in [0.5, 0.6) is 0 Å². The molecular weight excluding hydrogens is 156 g/mol. The van der Waals surface area contributed by atoms with Crippen LogP contribution in [0.4, 0.5) is 0 Å². The van der Waals surface area contributed by atoms with E-state index in [1.807, 2.05) is 13.0 Å². The van der Waals surface area contributed by atoms with Crippen LogP contribution >= 0.6 is 0 Å². The Labute approximate surface area is 70.6 Å². The summed E-state index contributed by atoms with van der Waals surface area (Å²) in [5, 5.41) is 12.4. The second kappa shape index (κ2) is 3.83. The Morgan fingerprint density at radius 3 is 3.08 bits per heavy atom. The van der Waals surface area contributed by atoms with Crippen LogP contribution in [0.1, 0.15) is 18.8 Å². The van der Waals surface area contributed by atoms with Gasteiger partial charge in [0.2, 0.25) is 0 Å². The lowest BCUT2D eigenvalue weighted by Gasteiger charge is -2.08. The fourth-order valence-corrected chi connectivity index (χ4v) is 0.856. The molecule has 0 spiro atoms. The molecule has 0 N–H and O–H groups in total. The first-order chi connectivity index (χ1) is 5.77. The largest absolute Gasteiger partial charge is 0.382 e. The molecule has 5 nitrogen and oxygen atoms in total. The number of hydrogen-bond donors (Lipinski definition) is 0. The summed E-state index contributed by atoms with van der Waals surface area (Å²) in [4.78, 5) is 3.77. The summed E-state index contributed by atoms with van der Waals surface area (Å²) in [6.07, 6.45) is 1.53. The van der Waals surface area contributed by atoms with Gasteiger partial charge in [-0.3, -0.25) is 0 Å². The van der Waals surface area contributed by atoms with Crippen molar-refractivity contribution in [1.82, 2.24) is 14.8 Å². The summed E-state index contributed by atoms with van der Waals surface area (Å²) in [5.74, 6) is 0.193. The van der Waals surface area contributed by atoms with Gasteiger partial charge in [-0.15, -0.1) is 5.10 Å². The highest BCUT2D eigenvalue weighted by Crippen LogP contribution is 2.02. The minimum atomic E-state index is 0.115. The van der Waals surface area contributed by atoms with Gasteiger partial charge in [-0.2, -0.15) is 5.26 Å². The van der Waals surface area contributed by atoms with Gasteiger partial charge in [0.25, 0.3) is 5.82 Å². The van der Waals surface area contributed by atoms with E-state index in [2.05, 4.69) is 10.1 Å². The van der Waals surface area contributed by atoms with Crippen molar-refractivity contribution in [3.63, 3.8) is 0 Å². The van der Waals surface area contributed by atoms with Crippen LogP contribution in [0, 0.1) is 11.3 Å². The highest BCUT2D eigenvalue weighted by molar-refractivity contribution is 5.05. The zero-order chi connectivity index (χ0) is 8.97. The van der Waals surface area contributed by atoms with Crippen molar-refractivity contribution in [3.8, 4) is 6.07 Å². The Hall–Kier alpha value is -1.41. The first kappa shape index (κ1) is 8.68. The predicted octanol–water partition coefficient (Wildman–Crippen LogP) is 0.357. The van der Waals surface area contributed by atoms with Crippen LogP contribution < -0.4 is 0 Å². The van der Waals surface area contributed by atoms with Gasteiger partial charge in [0.15, 0.2) is 0 Å². The van der Waals surface area contributed by atoms with Crippen LogP contribution in [-0.2, 0) is 4.74 Å². The standard InChI is InChI=1S/C7H10N4O/c1-6(4-12-2)11-5-9-7(3-8)10-11/h5-6H,4H2,1-2H3. The molecule has 0 aliphatic carbocycles. The average Bonchev–Trinajstić information content (AvgIpc) is 2.52. The number of nitriles is 1. The smallest absolute Gasteiger partial charge is 0.252 e. The van der Waals surface area contributed by atoms with Crippen LogP contribution in [0.3, 0.4) is 0 Å². The Bertz CT molecular complexity index is 288. The van der Waals surface area contributed by atoms with Gasteiger partial charge in [0.05, 0.1) is 12.6 Å². The first-order valence-electron chi connectivity index (χ1n) is 3.58. The summed E-state index contributed by atoms with van der Waals surface area (Å²) in [6, 6.07) is 1.98. The number of methoxy groups -OCH3 is 1. The van der Waals surface area contributed by atoms with Gasteiger partial charge in [0, 0.05) is 7.11 Å². The topological polar surface area (TPSA) is 63.7 Å². The van der Waals surface area contributed by atoms with E-state index in [0.717, 1.165) is 0 Å². The lowest BCUT2D eigenvalue weighted by atomic mass is 10.4. The predicted molar refractivity (Wildman–Crippen MR) is 41.3 cm³/mol. The highest BCUT2D eigenvalue weighted by atomic mass is 16.5. The molecule has 0 saturated carbocycles. The van der Waals surface area contributed by atoms with Crippen molar-refractivity contribution in [1.29, 1.82) is 5.26 Å². The summed E-state index contributed by atoms with van der Waals surface area (Å²) < 4.78 is 6.54. The fraction of sp³-hybridized carbons (Fsp3) is 0.571. The van der Waals surface area contributed by atoms with Gasteiger partial charge in [-0.1, -0.05) is 0 Å². The molecule has 0 aromatic carbocycles. The molecule has 1 aromatic rings. The Kier molecular flexibility index (Phi) is 2.77. The minimum Gasteiger partial charge on any atom is -0.382 e. The van der Waals surface area contributed by atoms with Crippen molar-refractivity contribution in [2.45, 2.75) is 13.0 Å². The third kappa shape index (κ3) is 1.80. The molecule has 1 rings (SSSR count). The fourth-order valence-electron chi connectivity index (χ4n) is 0.856. The normalized spacial score (nSPS) is 12.4. The minimum absolute atomic E-state index is 0.115. The average molecular weight is 166 g/mol. The Morgan fingerprint density at radius 2 is 2.58 bits per heavy atom. The molecule has 0 saturated heterocycles.